The van der Waals surface area contributed by atoms with Gasteiger partial charge in [0.1, 0.15) is 0 Å². The van der Waals surface area contributed by atoms with Crippen molar-refractivity contribution in [3.63, 3.8) is 0 Å². The first kappa shape index (κ1) is 18.4. The van der Waals surface area contributed by atoms with Crippen LogP contribution in [0.4, 0.5) is 5.69 Å². The van der Waals surface area contributed by atoms with Crippen molar-refractivity contribution in [2.45, 2.75) is 19.4 Å². The second kappa shape index (κ2) is 8.00. The molecule has 1 aliphatic rings. The second-order valence-corrected chi connectivity index (χ2v) is 8.53. The Morgan fingerprint density at radius 2 is 1.79 bits per heavy atom. The van der Waals surface area contributed by atoms with Crippen LogP contribution in [-0.2, 0) is 6.54 Å². The van der Waals surface area contributed by atoms with Crippen LogP contribution in [0.3, 0.4) is 0 Å². The molecule has 0 aliphatic carbocycles. The van der Waals surface area contributed by atoms with Gasteiger partial charge in [-0.1, -0.05) is 12.1 Å². The molecule has 29 heavy (non-hydrogen) atoms. The van der Waals surface area contributed by atoms with Crippen molar-refractivity contribution in [1.29, 1.82) is 0 Å². The highest BCUT2D eigenvalue weighted by molar-refractivity contribution is 7.17. The van der Waals surface area contributed by atoms with E-state index in [2.05, 4.69) is 44.5 Å². The number of aromatic nitrogens is 3. The van der Waals surface area contributed by atoms with Crippen LogP contribution < -0.4 is 10.6 Å². The molecule has 1 aromatic carbocycles. The van der Waals surface area contributed by atoms with E-state index in [4.69, 9.17) is 0 Å². The molecule has 3 aromatic heterocycles. The van der Waals surface area contributed by atoms with E-state index >= 15 is 0 Å². The van der Waals surface area contributed by atoms with Crippen LogP contribution in [0.25, 0.3) is 15.7 Å². The third-order valence-corrected chi connectivity index (χ3v) is 6.65. The molecule has 1 saturated heterocycles. The number of rotatable bonds is 6. The molecular weight excluding hydrogens is 382 g/mol. The van der Waals surface area contributed by atoms with Gasteiger partial charge in [-0.3, -0.25) is 9.30 Å². The number of piperazine rings is 1. The van der Waals surface area contributed by atoms with Gasteiger partial charge in [-0.25, -0.2) is 9.48 Å². The summed E-state index contributed by atoms with van der Waals surface area (Å²) in [5.41, 5.74) is 2.04. The summed E-state index contributed by atoms with van der Waals surface area (Å²) in [6.45, 7) is 6.09. The van der Waals surface area contributed by atoms with E-state index in [1.165, 1.54) is 15.8 Å². The molecular formula is C22H25N5OS. The van der Waals surface area contributed by atoms with Gasteiger partial charge in [0.25, 0.3) is 0 Å². The minimum atomic E-state index is -0.0446. The zero-order valence-corrected chi connectivity index (χ0v) is 17.2. The zero-order chi connectivity index (χ0) is 19.6. The summed E-state index contributed by atoms with van der Waals surface area (Å²) in [5.74, 6) is 0. The van der Waals surface area contributed by atoms with Gasteiger partial charge in [0.15, 0.2) is 5.65 Å². The number of thiophene rings is 1. The molecule has 0 N–H and O–H groups in total. The largest absolute Gasteiger partial charge is 0.368 e. The van der Waals surface area contributed by atoms with E-state index in [0.29, 0.717) is 12.2 Å². The van der Waals surface area contributed by atoms with Crippen molar-refractivity contribution in [1.82, 2.24) is 19.1 Å². The average Bonchev–Trinajstić information content (AvgIpc) is 3.37. The summed E-state index contributed by atoms with van der Waals surface area (Å²) in [6, 6.07) is 14.5. The molecule has 0 spiro atoms. The lowest BCUT2D eigenvalue weighted by Crippen LogP contribution is -2.46. The molecule has 0 amide bonds. The predicted octanol–water partition coefficient (Wildman–Crippen LogP) is 3.31. The molecule has 0 saturated carbocycles. The third kappa shape index (κ3) is 3.68. The minimum absolute atomic E-state index is 0.0446. The molecule has 5 rings (SSSR count). The summed E-state index contributed by atoms with van der Waals surface area (Å²) in [7, 11) is 0. The molecule has 0 unspecified atom stereocenters. The summed E-state index contributed by atoms with van der Waals surface area (Å²) < 4.78 is 4.56. The standard InChI is InChI=1S/C22H25N5OS/c28-22-26-11-2-1-8-21(26)23-27(22)12-4-3-10-24-13-15-25(16-14-24)19-6-5-7-20-18(19)9-17-29-20/h1-2,5-9,11,17H,3-4,10,12-16H2. The predicted molar refractivity (Wildman–Crippen MR) is 119 cm³/mol. The molecule has 4 aromatic rings. The normalized spacial score (nSPS) is 15.5. The van der Waals surface area contributed by atoms with Crippen LogP contribution in [0.15, 0.2) is 58.8 Å². The summed E-state index contributed by atoms with van der Waals surface area (Å²) in [4.78, 5) is 17.4. The Bertz CT molecular complexity index is 1170. The Balaban J connectivity index is 1.11. The molecule has 4 heterocycles. The Kier molecular flexibility index (Phi) is 5.08. The number of aryl methyl sites for hydroxylation is 1. The van der Waals surface area contributed by atoms with Crippen LogP contribution in [0, 0.1) is 0 Å². The van der Waals surface area contributed by atoms with Crippen molar-refractivity contribution in [2.24, 2.45) is 0 Å². The van der Waals surface area contributed by atoms with Crippen molar-refractivity contribution in [3.8, 4) is 0 Å². The van der Waals surface area contributed by atoms with Crippen molar-refractivity contribution in [3.05, 3.63) is 64.5 Å². The molecule has 7 heteroatoms. The summed E-state index contributed by atoms with van der Waals surface area (Å²) in [5, 5.41) is 7.97. The first-order valence-corrected chi connectivity index (χ1v) is 11.2. The van der Waals surface area contributed by atoms with E-state index < -0.39 is 0 Å². The lowest BCUT2D eigenvalue weighted by atomic mass is 10.2. The Morgan fingerprint density at radius 3 is 2.66 bits per heavy atom. The Labute approximate surface area is 173 Å². The van der Waals surface area contributed by atoms with Crippen molar-refractivity contribution >= 4 is 32.8 Å². The van der Waals surface area contributed by atoms with Gasteiger partial charge in [0.2, 0.25) is 0 Å². The molecule has 1 aliphatic heterocycles. The van der Waals surface area contributed by atoms with Crippen molar-refractivity contribution in [2.75, 3.05) is 37.6 Å². The average molecular weight is 408 g/mol. The first-order valence-electron chi connectivity index (χ1n) is 10.3. The number of hydrogen-bond donors (Lipinski definition) is 0. The maximum Gasteiger partial charge on any atom is 0.350 e. The highest BCUT2D eigenvalue weighted by atomic mass is 32.1. The van der Waals surface area contributed by atoms with Gasteiger partial charge in [-0.2, -0.15) is 0 Å². The Hall–Kier alpha value is -2.64. The van der Waals surface area contributed by atoms with Gasteiger partial charge in [0, 0.05) is 54.7 Å². The fourth-order valence-corrected chi connectivity index (χ4v) is 4.98. The number of unbranched alkanes of at least 4 members (excludes halogenated alkanes) is 1. The number of anilines is 1. The molecule has 0 atom stereocenters. The van der Waals surface area contributed by atoms with E-state index in [0.717, 1.165) is 45.6 Å². The van der Waals surface area contributed by atoms with Crippen molar-refractivity contribution < 1.29 is 0 Å². The molecule has 0 radical (unpaired) electrons. The van der Waals surface area contributed by atoms with Crippen LogP contribution in [0.2, 0.25) is 0 Å². The minimum Gasteiger partial charge on any atom is -0.368 e. The number of hydrogen-bond acceptors (Lipinski definition) is 5. The first-order chi connectivity index (χ1) is 14.3. The maximum atomic E-state index is 12.3. The lowest BCUT2D eigenvalue weighted by Gasteiger charge is -2.36. The number of nitrogens with zero attached hydrogens (tertiary/aromatic N) is 5. The lowest BCUT2D eigenvalue weighted by molar-refractivity contribution is 0.251. The SMILES string of the molecule is O=c1n(CCCCN2CCN(c3cccc4sccc34)CC2)nc2ccccn12. The number of fused-ring (bicyclic) bond motifs is 2. The van der Waals surface area contributed by atoms with E-state index in [-0.39, 0.29) is 5.69 Å². The van der Waals surface area contributed by atoms with Gasteiger partial charge in [-0.05, 0) is 55.1 Å². The molecule has 0 bridgehead atoms. The maximum absolute atomic E-state index is 12.3. The van der Waals surface area contributed by atoms with Crippen LogP contribution in [-0.4, -0.2) is 51.8 Å². The Morgan fingerprint density at radius 1 is 0.931 bits per heavy atom. The van der Waals surface area contributed by atoms with Crippen LogP contribution >= 0.6 is 11.3 Å². The summed E-state index contributed by atoms with van der Waals surface area (Å²) in [6.07, 6.45) is 3.83. The summed E-state index contributed by atoms with van der Waals surface area (Å²) >= 11 is 1.81. The molecule has 1 fully saturated rings. The van der Waals surface area contributed by atoms with Crippen LogP contribution in [0.5, 0.6) is 0 Å². The highest BCUT2D eigenvalue weighted by Crippen LogP contribution is 2.31. The van der Waals surface area contributed by atoms with Gasteiger partial charge >= 0.3 is 5.69 Å². The fraction of sp³-hybridized carbons (Fsp3) is 0.364. The number of pyridine rings is 1. The van der Waals surface area contributed by atoms with Crippen LogP contribution in [0.1, 0.15) is 12.8 Å². The fourth-order valence-electron chi connectivity index (χ4n) is 4.18. The van der Waals surface area contributed by atoms with Gasteiger partial charge in [-0.15, -0.1) is 16.4 Å². The molecule has 150 valence electrons. The third-order valence-electron chi connectivity index (χ3n) is 5.77. The van der Waals surface area contributed by atoms with E-state index in [1.807, 2.05) is 29.5 Å². The topological polar surface area (TPSA) is 45.8 Å². The van der Waals surface area contributed by atoms with E-state index in [1.54, 1.807) is 15.3 Å². The highest BCUT2D eigenvalue weighted by Gasteiger charge is 2.18. The smallest absolute Gasteiger partial charge is 0.350 e. The van der Waals surface area contributed by atoms with Gasteiger partial charge < -0.3 is 4.90 Å². The zero-order valence-electron chi connectivity index (χ0n) is 16.4. The van der Waals surface area contributed by atoms with E-state index in [9.17, 15) is 4.79 Å². The number of benzene rings is 1. The second-order valence-electron chi connectivity index (χ2n) is 7.58. The monoisotopic (exact) mass is 407 g/mol. The quantitative estimate of drug-likeness (QED) is 0.460. The van der Waals surface area contributed by atoms with Gasteiger partial charge in [0.05, 0.1) is 0 Å². The molecule has 6 nitrogen and oxygen atoms in total.